The molecule has 0 N–H and O–H groups in total. The first kappa shape index (κ1) is 16.5. The molecular formula is C22H28. The number of benzene rings is 2. The van der Waals surface area contributed by atoms with Crippen molar-refractivity contribution in [3.05, 3.63) is 82.4 Å². The summed E-state index contributed by atoms with van der Waals surface area (Å²) in [4.78, 5) is 0. The lowest BCUT2D eigenvalue weighted by atomic mass is 9.73. The van der Waals surface area contributed by atoms with E-state index in [1.807, 2.05) is 0 Å². The first-order valence-electron chi connectivity index (χ1n) is 8.18. The molecule has 2 aromatic carbocycles. The first-order chi connectivity index (χ1) is 10.4. The van der Waals surface area contributed by atoms with Gasteiger partial charge in [-0.25, -0.2) is 0 Å². The van der Waals surface area contributed by atoms with E-state index < -0.39 is 0 Å². The molecule has 2 rings (SSSR count). The fourth-order valence-corrected chi connectivity index (χ4v) is 3.12. The Morgan fingerprint density at radius 2 is 1.59 bits per heavy atom. The largest absolute Gasteiger partial charge is 0.0993 e. The van der Waals surface area contributed by atoms with E-state index in [1.54, 1.807) is 0 Å². The molecule has 1 atom stereocenters. The monoisotopic (exact) mass is 292 g/mol. The van der Waals surface area contributed by atoms with Crippen LogP contribution in [0.5, 0.6) is 0 Å². The normalized spacial score (nSPS) is 13.7. The highest BCUT2D eigenvalue weighted by molar-refractivity contribution is 5.42. The van der Waals surface area contributed by atoms with Crippen LogP contribution in [0.4, 0.5) is 0 Å². The molecule has 0 saturated carbocycles. The van der Waals surface area contributed by atoms with Gasteiger partial charge < -0.3 is 0 Å². The molecule has 0 saturated heterocycles. The van der Waals surface area contributed by atoms with Crippen LogP contribution in [0.15, 0.2) is 54.6 Å². The summed E-state index contributed by atoms with van der Waals surface area (Å²) in [7, 11) is 0. The maximum atomic E-state index is 4.21. The minimum Gasteiger partial charge on any atom is -0.0993 e. The van der Waals surface area contributed by atoms with E-state index in [-0.39, 0.29) is 5.41 Å². The highest BCUT2D eigenvalue weighted by Crippen LogP contribution is 2.36. The Kier molecular flexibility index (Phi) is 4.90. The molecular weight excluding hydrogens is 264 g/mol. The van der Waals surface area contributed by atoms with E-state index in [0.717, 1.165) is 12.8 Å². The number of hydrogen-bond donors (Lipinski definition) is 0. The van der Waals surface area contributed by atoms with Gasteiger partial charge in [-0.2, -0.15) is 0 Å². The first-order valence-corrected chi connectivity index (χ1v) is 8.18. The third kappa shape index (κ3) is 3.32. The van der Waals surface area contributed by atoms with Gasteiger partial charge in [-0.05, 0) is 55.9 Å². The fourth-order valence-electron chi connectivity index (χ4n) is 3.12. The standard InChI is InChI=1S/C22H28/c1-7-22(6,16(2)3)21-13-12-20(14-18(21)5)15-19-10-8-17(4)9-11-19/h8-14H,2,7,15H2,1,3-6H3. The lowest BCUT2D eigenvalue weighted by molar-refractivity contribution is 0.535. The Morgan fingerprint density at radius 1 is 1.00 bits per heavy atom. The van der Waals surface area contributed by atoms with Crippen molar-refractivity contribution >= 4 is 0 Å². The zero-order valence-electron chi connectivity index (χ0n) is 14.7. The number of aryl methyl sites for hydroxylation is 2. The molecule has 0 heteroatoms. The van der Waals surface area contributed by atoms with Gasteiger partial charge in [0.15, 0.2) is 0 Å². The Bertz CT molecular complexity index is 661. The summed E-state index contributed by atoms with van der Waals surface area (Å²) in [5.74, 6) is 0. The number of allylic oxidation sites excluding steroid dienone is 1. The van der Waals surface area contributed by atoms with E-state index >= 15 is 0 Å². The summed E-state index contributed by atoms with van der Waals surface area (Å²) in [6.45, 7) is 15.3. The van der Waals surface area contributed by atoms with Crippen molar-refractivity contribution in [2.24, 2.45) is 0 Å². The van der Waals surface area contributed by atoms with Crippen LogP contribution in [0.2, 0.25) is 0 Å². The molecule has 116 valence electrons. The predicted molar refractivity (Wildman–Crippen MR) is 97.6 cm³/mol. The fraction of sp³-hybridized carbons (Fsp3) is 0.364. The SMILES string of the molecule is C=C(C)C(C)(CC)c1ccc(Cc2ccc(C)cc2)cc1C. The molecule has 0 aliphatic heterocycles. The summed E-state index contributed by atoms with van der Waals surface area (Å²) in [6.07, 6.45) is 2.08. The van der Waals surface area contributed by atoms with Crippen molar-refractivity contribution < 1.29 is 0 Å². The molecule has 22 heavy (non-hydrogen) atoms. The average Bonchev–Trinajstić information content (AvgIpc) is 2.49. The second-order valence-electron chi connectivity index (χ2n) is 6.78. The second kappa shape index (κ2) is 6.52. The van der Waals surface area contributed by atoms with Crippen molar-refractivity contribution in [1.29, 1.82) is 0 Å². The topological polar surface area (TPSA) is 0 Å². The maximum Gasteiger partial charge on any atom is 0.0128 e. The van der Waals surface area contributed by atoms with Crippen LogP contribution in [-0.2, 0) is 11.8 Å². The smallest absolute Gasteiger partial charge is 0.0128 e. The van der Waals surface area contributed by atoms with E-state index in [1.165, 1.54) is 33.4 Å². The molecule has 0 aliphatic rings. The molecule has 0 nitrogen and oxygen atoms in total. The van der Waals surface area contributed by atoms with Gasteiger partial charge in [0.25, 0.3) is 0 Å². The summed E-state index contributed by atoms with van der Waals surface area (Å²) in [6, 6.07) is 15.7. The van der Waals surface area contributed by atoms with E-state index in [4.69, 9.17) is 0 Å². The second-order valence-corrected chi connectivity index (χ2v) is 6.78. The van der Waals surface area contributed by atoms with E-state index in [9.17, 15) is 0 Å². The maximum absolute atomic E-state index is 4.21. The van der Waals surface area contributed by atoms with E-state index in [0.29, 0.717) is 0 Å². The van der Waals surface area contributed by atoms with Crippen molar-refractivity contribution in [2.75, 3.05) is 0 Å². The van der Waals surface area contributed by atoms with Crippen molar-refractivity contribution in [3.63, 3.8) is 0 Å². The van der Waals surface area contributed by atoms with Gasteiger partial charge in [0.2, 0.25) is 0 Å². The highest BCUT2D eigenvalue weighted by atomic mass is 14.3. The molecule has 0 fully saturated rings. The third-order valence-corrected chi connectivity index (χ3v) is 5.06. The van der Waals surface area contributed by atoms with Gasteiger partial charge in [0, 0.05) is 5.41 Å². The van der Waals surface area contributed by atoms with Gasteiger partial charge in [0.1, 0.15) is 0 Å². The molecule has 0 aliphatic carbocycles. The Morgan fingerprint density at radius 3 is 2.09 bits per heavy atom. The lowest BCUT2D eigenvalue weighted by Crippen LogP contribution is -2.23. The van der Waals surface area contributed by atoms with Crippen LogP contribution in [0.3, 0.4) is 0 Å². The molecule has 0 spiro atoms. The Labute approximate surface area is 135 Å². The molecule has 2 aromatic rings. The van der Waals surface area contributed by atoms with E-state index in [2.05, 4.69) is 83.7 Å². The summed E-state index contributed by atoms with van der Waals surface area (Å²) >= 11 is 0. The zero-order valence-corrected chi connectivity index (χ0v) is 14.7. The molecule has 0 amide bonds. The van der Waals surface area contributed by atoms with Gasteiger partial charge in [-0.1, -0.05) is 74.0 Å². The zero-order chi connectivity index (χ0) is 16.3. The van der Waals surface area contributed by atoms with Crippen molar-refractivity contribution in [3.8, 4) is 0 Å². The van der Waals surface area contributed by atoms with Gasteiger partial charge >= 0.3 is 0 Å². The van der Waals surface area contributed by atoms with Gasteiger partial charge in [0.05, 0.1) is 0 Å². The molecule has 0 bridgehead atoms. The highest BCUT2D eigenvalue weighted by Gasteiger charge is 2.26. The predicted octanol–water partition coefficient (Wildman–Crippen LogP) is 6.14. The van der Waals surface area contributed by atoms with Crippen molar-refractivity contribution in [2.45, 2.75) is 52.9 Å². The molecule has 0 heterocycles. The van der Waals surface area contributed by atoms with Crippen LogP contribution in [-0.4, -0.2) is 0 Å². The lowest BCUT2D eigenvalue weighted by Gasteiger charge is -2.31. The van der Waals surface area contributed by atoms with Crippen LogP contribution in [0, 0.1) is 13.8 Å². The van der Waals surface area contributed by atoms with Gasteiger partial charge in [-0.3, -0.25) is 0 Å². The van der Waals surface area contributed by atoms with Crippen LogP contribution >= 0.6 is 0 Å². The summed E-state index contributed by atoms with van der Waals surface area (Å²) < 4.78 is 0. The van der Waals surface area contributed by atoms with Crippen LogP contribution in [0.1, 0.15) is 55.0 Å². The minimum absolute atomic E-state index is 0.0759. The van der Waals surface area contributed by atoms with Crippen LogP contribution < -0.4 is 0 Å². The quantitative estimate of drug-likeness (QED) is 0.581. The van der Waals surface area contributed by atoms with Crippen molar-refractivity contribution in [1.82, 2.24) is 0 Å². The minimum atomic E-state index is 0.0759. The molecule has 0 aromatic heterocycles. The van der Waals surface area contributed by atoms with Gasteiger partial charge in [-0.15, -0.1) is 0 Å². The summed E-state index contributed by atoms with van der Waals surface area (Å²) in [5.41, 5.74) is 8.17. The average molecular weight is 292 g/mol. The number of rotatable bonds is 5. The Balaban J connectivity index is 2.30. The summed E-state index contributed by atoms with van der Waals surface area (Å²) in [5, 5.41) is 0. The van der Waals surface area contributed by atoms with Crippen LogP contribution in [0.25, 0.3) is 0 Å². The third-order valence-electron chi connectivity index (χ3n) is 5.06. The number of hydrogen-bond acceptors (Lipinski definition) is 0. The molecule has 0 radical (unpaired) electrons. The Hall–Kier alpha value is -1.82. The molecule has 1 unspecified atom stereocenters.